The number of fused-ring (bicyclic) bond motifs is 1. The molecule has 0 saturated carbocycles. The van der Waals surface area contributed by atoms with Gasteiger partial charge in [0.05, 0.1) is 13.2 Å². The lowest BCUT2D eigenvalue weighted by atomic mass is 9.88. The Morgan fingerprint density at radius 3 is 2.50 bits per heavy atom. The van der Waals surface area contributed by atoms with E-state index in [0.717, 1.165) is 0 Å². The molecule has 8 nitrogen and oxygen atoms in total. The fraction of sp³-hybridized carbons (Fsp3) is 0.250. The average molecular weight is 383 g/mol. The topological polar surface area (TPSA) is 117 Å². The number of ether oxygens (including phenoxy) is 1. The van der Waals surface area contributed by atoms with Gasteiger partial charge in [0, 0.05) is 30.3 Å². The van der Waals surface area contributed by atoms with E-state index >= 15 is 0 Å². The number of carbonyl (C=O) groups excluding carboxylic acids is 3. The molecule has 0 saturated heterocycles. The SMILES string of the molecule is CC(=O)Nc1cccc(NC(=O)C(=O)NCC2(O)CCOc3ccccc32)c1. The average Bonchev–Trinajstić information content (AvgIpc) is 2.66. The van der Waals surface area contributed by atoms with Gasteiger partial charge >= 0.3 is 11.8 Å². The largest absolute Gasteiger partial charge is 0.493 e. The third kappa shape index (κ3) is 4.47. The van der Waals surface area contributed by atoms with E-state index in [4.69, 9.17) is 4.74 Å². The number of anilines is 2. The third-order valence-corrected chi connectivity index (χ3v) is 4.35. The van der Waals surface area contributed by atoms with Gasteiger partial charge in [-0.3, -0.25) is 14.4 Å². The minimum Gasteiger partial charge on any atom is -0.493 e. The van der Waals surface area contributed by atoms with Gasteiger partial charge in [-0.25, -0.2) is 0 Å². The van der Waals surface area contributed by atoms with E-state index < -0.39 is 17.4 Å². The Hall–Kier alpha value is -3.39. The van der Waals surface area contributed by atoms with Crippen LogP contribution in [-0.4, -0.2) is 36.0 Å². The summed E-state index contributed by atoms with van der Waals surface area (Å²) in [5.74, 6) is -1.43. The quantitative estimate of drug-likeness (QED) is 0.595. The Bertz CT molecular complexity index is 914. The van der Waals surface area contributed by atoms with Crippen molar-refractivity contribution in [3.8, 4) is 5.75 Å². The predicted molar refractivity (Wildman–Crippen MR) is 103 cm³/mol. The normalized spacial score (nSPS) is 17.6. The van der Waals surface area contributed by atoms with Gasteiger partial charge in [-0.15, -0.1) is 0 Å². The summed E-state index contributed by atoms with van der Waals surface area (Å²) in [5.41, 5.74) is 0.126. The van der Waals surface area contributed by atoms with Crippen LogP contribution in [-0.2, 0) is 20.0 Å². The van der Waals surface area contributed by atoms with Crippen molar-refractivity contribution in [1.29, 1.82) is 0 Å². The highest BCUT2D eigenvalue weighted by Crippen LogP contribution is 2.36. The highest BCUT2D eigenvalue weighted by Gasteiger charge is 2.36. The Kier molecular flexibility index (Phi) is 5.60. The lowest BCUT2D eigenvalue weighted by Crippen LogP contribution is -2.46. The second-order valence-corrected chi connectivity index (χ2v) is 6.52. The number of aliphatic hydroxyl groups is 1. The van der Waals surface area contributed by atoms with E-state index in [-0.39, 0.29) is 12.5 Å². The molecule has 146 valence electrons. The molecule has 4 N–H and O–H groups in total. The number of rotatable bonds is 4. The van der Waals surface area contributed by atoms with Crippen LogP contribution in [0.15, 0.2) is 48.5 Å². The highest BCUT2D eigenvalue weighted by atomic mass is 16.5. The fourth-order valence-corrected chi connectivity index (χ4v) is 3.00. The van der Waals surface area contributed by atoms with E-state index in [1.165, 1.54) is 13.0 Å². The number of carbonyl (C=O) groups is 3. The molecule has 1 atom stereocenters. The number of nitrogens with one attached hydrogen (secondary N) is 3. The van der Waals surface area contributed by atoms with E-state index in [1.54, 1.807) is 42.5 Å². The van der Waals surface area contributed by atoms with Crippen LogP contribution < -0.4 is 20.7 Å². The molecular formula is C20H21N3O5. The van der Waals surface area contributed by atoms with Crippen molar-refractivity contribution in [2.24, 2.45) is 0 Å². The summed E-state index contributed by atoms with van der Waals surface area (Å²) in [6, 6.07) is 13.5. The van der Waals surface area contributed by atoms with Crippen LogP contribution in [0.4, 0.5) is 11.4 Å². The van der Waals surface area contributed by atoms with Crippen LogP contribution in [0.25, 0.3) is 0 Å². The van der Waals surface area contributed by atoms with Crippen molar-refractivity contribution in [3.63, 3.8) is 0 Å². The lowest BCUT2D eigenvalue weighted by Gasteiger charge is -2.34. The molecule has 1 aliphatic rings. The van der Waals surface area contributed by atoms with Gasteiger partial charge in [0.25, 0.3) is 0 Å². The molecule has 0 aromatic heterocycles. The van der Waals surface area contributed by atoms with Crippen molar-refractivity contribution < 1.29 is 24.2 Å². The van der Waals surface area contributed by atoms with Crippen molar-refractivity contribution in [3.05, 3.63) is 54.1 Å². The van der Waals surface area contributed by atoms with Crippen LogP contribution in [0.1, 0.15) is 18.9 Å². The van der Waals surface area contributed by atoms with Gasteiger partial charge in [-0.2, -0.15) is 0 Å². The summed E-state index contributed by atoms with van der Waals surface area (Å²) >= 11 is 0. The smallest absolute Gasteiger partial charge is 0.313 e. The van der Waals surface area contributed by atoms with Gasteiger partial charge in [0.15, 0.2) is 0 Å². The number of hydrogen-bond acceptors (Lipinski definition) is 5. The van der Waals surface area contributed by atoms with E-state index in [2.05, 4.69) is 16.0 Å². The standard InChI is InChI=1S/C20H21N3O5/c1-13(24)22-14-5-4-6-15(11-14)23-19(26)18(25)21-12-20(27)9-10-28-17-8-3-2-7-16(17)20/h2-8,11,27H,9-10,12H2,1H3,(H,21,25)(H,22,24)(H,23,26). The number of hydrogen-bond donors (Lipinski definition) is 4. The summed E-state index contributed by atoms with van der Waals surface area (Å²) in [5, 5.41) is 18.4. The van der Waals surface area contributed by atoms with Gasteiger partial charge < -0.3 is 25.8 Å². The number of para-hydroxylation sites is 1. The van der Waals surface area contributed by atoms with Crippen LogP contribution in [0, 0.1) is 0 Å². The highest BCUT2D eigenvalue weighted by molar-refractivity contribution is 6.39. The van der Waals surface area contributed by atoms with E-state index in [1.807, 2.05) is 0 Å². The third-order valence-electron chi connectivity index (χ3n) is 4.35. The number of benzene rings is 2. The molecule has 0 aliphatic carbocycles. The fourth-order valence-electron chi connectivity index (χ4n) is 3.00. The molecule has 1 heterocycles. The van der Waals surface area contributed by atoms with Crippen molar-refractivity contribution in [2.75, 3.05) is 23.8 Å². The number of amides is 3. The first-order chi connectivity index (χ1) is 13.4. The molecule has 1 aliphatic heterocycles. The summed E-state index contributed by atoms with van der Waals surface area (Å²) < 4.78 is 5.51. The molecule has 8 heteroatoms. The first-order valence-electron chi connectivity index (χ1n) is 8.79. The minimum atomic E-state index is -1.31. The monoisotopic (exact) mass is 383 g/mol. The van der Waals surface area contributed by atoms with Crippen molar-refractivity contribution >= 4 is 29.1 Å². The molecule has 2 aromatic rings. The van der Waals surface area contributed by atoms with Crippen molar-refractivity contribution in [2.45, 2.75) is 18.9 Å². The summed E-state index contributed by atoms with van der Waals surface area (Å²) in [6.45, 7) is 1.56. The zero-order valence-corrected chi connectivity index (χ0v) is 15.3. The molecule has 0 fully saturated rings. The molecule has 3 rings (SSSR count). The minimum absolute atomic E-state index is 0.119. The Balaban J connectivity index is 1.61. The predicted octanol–water partition coefficient (Wildman–Crippen LogP) is 1.37. The van der Waals surface area contributed by atoms with Crippen LogP contribution in [0.2, 0.25) is 0 Å². The zero-order valence-electron chi connectivity index (χ0n) is 15.3. The maximum absolute atomic E-state index is 12.2. The molecule has 3 amide bonds. The summed E-state index contributed by atoms with van der Waals surface area (Å²) in [7, 11) is 0. The molecule has 0 spiro atoms. The van der Waals surface area contributed by atoms with Crippen LogP contribution in [0.5, 0.6) is 5.75 Å². The second-order valence-electron chi connectivity index (χ2n) is 6.52. The summed E-state index contributed by atoms with van der Waals surface area (Å²) in [4.78, 5) is 35.4. The van der Waals surface area contributed by atoms with Crippen molar-refractivity contribution in [1.82, 2.24) is 5.32 Å². The first-order valence-corrected chi connectivity index (χ1v) is 8.79. The lowest BCUT2D eigenvalue weighted by molar-refractivity contribution is -0.137. The Morgan fingerprint density at radius 1 is 1.04 bits per heavy atom. The molecule has 0 radical (unpaired) electrons. The zero-order chi connectivity index (χ0) is 20.1. The Morgan fingerprint density at radius 2 is 1.75 bits per heavy atom. The van der Waals surface area contributed by atoms with E-state index in [0.29, 0.717) is 35.7 Å². The van der Waals surface area contributed by atoms with E-state index in [9.17, 15) is 19.5 Å². The molecule has 1 unspecified atom stereocenters. The van der Waals surface area contributed by atoms with Gasteiger partial charge in [0.2, 0.25) is 5.91 Å². The molecule has 2 aromatic carbocycles. The first kappa shape index (κ1) is 19.4. The maximum atomic E-state index is 12.2. The van der Waals surface area contributed by atoms with Gasteiger partial charge in [0.1, 0.15) is 11.4 Å². The van der Waals surface area contributed by atoms with Crippen LogP contribution >= 0.6 is 0 Å². The van der Waals surface area contributed by atoms with Gasteiger partial charge in [-0.05, 0) is 24.3 Å². The molecule has 28 heavy (non-hydrogen) atoms. The van der Waals surface area contributed by atoms with Crippen LogP contribution in [0.3, 0.4) is 0 Å². The Labute approximate surface area is 161 Å². The molecular weight excluding hydrogens is 362 g/mol. The molecule has 0 bridgehead atoms. The second kappa shape index (κ2) is 8.10. The maximum Gasteiger partial charge on any atom is 0.313 e. The van der Waals surface area contributed by atoms with Gasteiger partial charge in [-0.1, -0.05) is 24.3 Å². The summed E-state index contributed by atoms with van der Waals surface area (Å²) in [6.07, 6.45) is 0.296.